The minimum Gasteiger partial charge on any atom is -0.334 e. The maximum atomic E-state index is 12.4. The molecule has 4 heteroatoms. The van der Waals surface area contributed by atoms with Crippen molar-refractivity contribution < 1.29 is 9.59 Å². The molecule has 23 heavy (non-hydrogen) atoms. The van der Waals surface area contributed by atoms with Crippen LogP contribution in [0, 0.1) is 11.8 Å². The van der Waals surface area contributed by atoms with Crippen LogP contribution in [0.2, 0.25) is 0 Å². The predicted octanol–water partition coefficient (Wildman–Crippen LogP) is 3.89. The van der Waals surface area contributed by atoms with Gasteiger partial charge in [0.15, 0.2) is 0 Å². The number of nitrogens with zero attached hydrogens (tertiary/aromatic N) is 1. The zero-order chi connectivity index (χ0) is 17.6. The molecule has 0 aliphatic rings. The zero-order valence-electron chi connectivity index (χ0n) is 15.2. The van der Waals surface area contributed by atoms with Crippen LogP contribution in [0.1, 0.15) is 53.0 Å². The van der Waals surface area contributed by atoms with E-state index in [1.54, 1.807) is 4.90 Å². The normalized spacial score (nSPS) is 11.2. The first-order valence-electron chi connectivity index (χ1n) is 8.40. The lowest BCUT2D eigenvalue weighted by atomic mass is 10.0. The highest BCUT2D eigenvalue weighted by Gasteiger charge is 2.23. The number of nitrogens with one attached hydrogen (secondary N) is 1. The SMILES string of the molecule is CC(C)CN(CC(C)C)C(=O)C(=O)Nc1ccc(C(C)C)cc1. The van der Waals surface area contributed by atoms with E-state index in [-0.39, 0.29) is 0 Å². The predicted molar refractivity (Wildman–Crippen MR) is 95.4 cm³/mol. The molecule has 0 bridgehead atoms. The van der Waals surface area contributed by atoms with E-state index in [0.29, 0.717) is 36.5 Å². The molecular weight excluding hydrogens is 288 g/mol. The fourth-order valence-electron chi connectivity index (χ4n) is 2.40. The molecule has 0 saturated heterocycles. The van der Waals surface area contributed by atoms with Gasteiger partial charge in [-0.3, -0.25) is 9.59 Å². The van der Waals surface area contributed by atoms with E-state index >= 15 is 0 Å². The summed E-state index contributed by atoms with van der Waals surface area (Å²) in [5.41, 5.74) is 1.86. The van der Waals surface area contributed by atoms with Crippen molar-refractivity contribution >= 4 is 17.5 Å². The maximum Gasteiger partial charge on any atom is 0.313 e. The Morgan fingerprint density at radius 2 is 1.39 bits per heavy atom. The second kappa shape index (κ2) is 8.70. The number of amides is 2. The first kappa shape index (κ1) is 19.2. The largest absolute Gasteiger partial charge is 0.334 e. The van der Waals surface area contributed by atoms with Crippen LogP contribution in [-0.2, 0) is 9.59 Å². The van der Waals surface area contributed by atoms with E-state index in [1.165, 1.54) is 5.56 Å². The van der Waals surface area contributed by atoms with Gasteiger partial charge in [0.05, 0.1) is 0 Å². The van der Waals surface area contributed by atoms with Gasteiger partial charge in [-0.2, -0.15) is 0 Å². The van der Waals surface area contributed by atoms with Gasteiger partial charge in [0, 0.05) is 18.8 Å². The summed E-state index contributed by atoms with van der Waals surface area (Å²) in [6.07, 6.45) is 0. The smallest absolute Gasteiger partial charge is 0.313 e. The summed E-state index contributed by atoms with van der Waals surface area (Å²) >= 11 is 0. The number of carbonyl (C=O) groups excluding carboxylic acids is 2. The molecule has 0 fully saturated rings. The van der Waals surface area contributed by atoms with Gasteiger partial charge in [-0.05, 0) is 35.4 Å². The van der Waals surface area contributed by atoms with Crippen molar-refractivity contribution in [3.63, 3.8) is 0 Å². The summed E-state index contributed by atoms with van der Waals surface area (Å²) in [6, 6.07) is 7.64. The quantitative estimate of drug-likeness (QED) is 0.809. The lowest BCUT2D eigenvalue weighted by Gasteiger charge is -2.25. The van der Waals surface area contributed by atoms with Gasteiger partial charge in [0.25, 0.3) is 0 Å². The Kier molecular flexibility index (Phi) is 7.27. The van der Waals surface area contributed by atoms with Crippen molar-refractivity contribution in [1.82, 2.24) is 4.90 Å². The van der Waals surface area contributed by atoms with Gasteiger partial charge in [-0.1, -0.05) is 53.7 Å². The molecule has 0 radical (unpaired) electrons. The zero-order valence-corrected chi connectivity index (χ0v) is 15.2. The standard InChI is InChI=1S/C19H30N2O2/c1-13(2)11-21(12-14(3)4)19(23)18(22)20-17-9-7-16(8-10-17)15(5)6/h7-10,13-15H,11-12H2,1-6H3,(H,20,22). The van der Waals surface area contributed by atoms with Crippen LogP contribution < -0.4 is 5.32 Å². The first-order chi connectivity index (χ1) is 10.7. The van der Waals surface area contributed by atoms with Crippen LogP contribution in [0.4, 0.5) is 5.69 Å². The molecule has 1 N–H and O–H groups in total. The number of hydrogen-bond acceptors (Lipinski definition) is 2. The molecule has 1 rings (SSSR count). The Morgan fingerprint density at radius 1 is 0.913 bits per heavy atom. The van der Waals surface area contributed by atoms with Crippen LogP contribution in [0.5, 0.6) is 0 Å². The van der Waals surface area contributed by atoms with Gasteiger partial charge in [0.2, 0.25) is 0 Å². The number of rotatable bonds is 6. The third kappa shape index (κ3) is 6.43. The molecule has 0 saturated carbocycles. The minimum absolute atomic E-state index is 0.329. The van der Waals surface area contributed by atoms with Crippen LogP contribution in [0.25, 0.3) is 0 Å². The van der Waals surface area contributed by atoms with Gasteiger partial charge >= 0.3 is 11.8 Å². The van der Waals surface area contributed by atoms with Crippen LogP contribution >= 0.6 is 0 Å². The maximum absolute atomic E-state index is 12.4. The molecule has 0 aliphatic carbocycles. The lowest BCUT2D eigenvalue weighted by Crippen LogP contribution is -2.43. The topological polar surface area (TPSA) is 49.4 Å². The molecule has 0 atom stereocenters. The average Bonchev–Trinajstić information content (AvgIpc) is 2.45. The molecule has 0 spiro atoms. The van der Waals surface area contributed by atoms with Crippen LogP contribution in [0.3, 0.4) is 0 Å². The van der Waals surface area contributed by atoms with Crippen molar-refractivity contribution in [1.29, 1.82) is 0 Å². The number of anilines is 1. The number of hydrogen-bond donors (Lipinski definition) is 1. The second-order valence-corrected chi connectivity index (χ2v) is 7.23. The molecular formula is C19H30N2O2. The van der Waals surface area contributed by atoms with E-state index in [9.17, 15) is 9.59 Å². The molecule has 0 aromatic heterocycles. The third-order valence-corrected chi connectivity index (χ3v) is 3.49. The highest BCUT2D eigenvalue weighted by atomic mass is 16.2. The Morgan fingerprint density at radius 3 is 1.78 bits per heavy atom. The molecule has 1 aromatic rings. The Balaban J connectivity index is 2.75. The first-order valence-corrected chi connectivity index (χ1v) is 8.40. The number of carbonyl (C=O) groups is 2. The van der Waals surface area contributed by atoms with Gasteiger partial charge in [-0.25, -0.2) is 0 Å². The van der Waals surface area contributed by atoms with Crippen molar-refractivity contribution in [2.75, 3.05) is 18.4 Å². The van der Waals surface area contributed by atoms with E-state index in [2.05, 4.69) is 19.2 Å². The van der Waals surface area contributed by atoms with E-state index in [4.69, 9.17) is 0 Å². The highest BCUT2D eigenvalue weighted by Crippen LogP contribution is 2.17. The summed E-state index contributed by atoms with van der Waals surface area (Å²) in [5, 5.41) is 2.70. The summed E-state index contributed by atoms with van der Waals surface area (Å²) < 4.78 is 0. The van der Waals surface area contributed by atoms with E-state index in [0.717, 1.165) is 0 Å². The van der Waals surface area contributed by atoms with E-state index < -0.39 is 11.8 Å². The fourth-order valence-corrected chi connectivity index (χ4v) is 2.40. The monoisotopic (exact) mass is 318 g/mol. The molecule has 0 aliphatic heterocycles. The lowest BCUT2D eigenvalue weighted by molar-refractivity contribution is -0.143. The Bertz CT molecular complexity index is 509. The second-order valence-electron chi connectivity index (χ2n) is 7.23. The van der Waals surface area contributed by atoms with Gasteiger partial charge < -0.3 is 10.2 Å². The molecule has 128 valence electrons. The molecule has 4 nitrogen and oxygen atoms in total. The summed E-state index contributed by atoms with van der Waals surface area (Å²) in [5.74, 6) is 0.0737. The van der Waals surface area contributed by atoms with Crippen LogP contribution in [-0.4, -0.2) is 29.8 Å². The third-order valence-electron chi connectivity index (χ3n) is 3.49. The molecule has 2 amide bonds. The highest BCUT2D eigenvalue weighted by molar-refractivity contribution is 6.39. The number of benzene rings is 1. The van der Waals surface area contributed by atoms with Gasteiger partial charge in [0.1, 0.15) is 0 Å². The van der Waals surface area contributed by atoms with Crippen molar-refractivity contribution in [2.24, 2.45) is 11.8 Å². The van der Waals surface area contributed by atoms with Crippen LogP contribution in [0.15, 0.2) is 24.3 Å². The Labute approximate surface area is 140 Å². The average molecular weight is 318 g/mol. The van der Waals surface area contributed by atoms with Crippen molar-refractivity contribution in [3.8, 4) is 0 Å². The summed E-state index contributed by atoms with van der Waals surface area (Å²) in [6.45, 7) is 13.6. The van der Waals surface area contributed by atoms with E-state index in [1.807, 2.05) is 52.0 Å². The van der Waals surface area contributed by atoms with Crippen molar-refractivity contribution in [2.45, 2.75) is 47.5 Å². The summed E-state index contributed by atoms with van der Waals surface area (Å²) in [7, 11) is 0. The molecule has 0 unspecified atom stereocenters. The summed E-state index contributed by atoms with van der Waals surface area (Å²) in [4.78, 5) is 26.3. The van der Waals surface area contributed by atoms with Gasteiger partial charge in [-0.15, -0.1) is 0 Å². The van der Waals surface area contributed by atoms with Crippen molar-refractivity contribution in [3.05, 3.63) is 29.8 Å². The fraction of sp³-hybridized carbons (Fsp3) is 0.579. The molecule has 1 aromatic carbocycles. The minimum atomic E-state index is -0.566. The molecule has 0 heterocycles. The Hall–Kier alpha value is -1.84.